The van der Waals surface area contributed by atoms with E-state index in [1.54, 1.807) is 17.0 Å². The van der Waals surface area contributed by atoms with E-state index >= 15 is 0 Å². The fourth-order valence-electron chi connectivity index (χ4n) is 3.14. The lowest BCUT2D eigenvalue weighted by molar-refractivity contribution is -0.126. The molecule has 2 amide bonds. The molecule has 1 heterocycles. The van der Waals surface area contributed by atoms with Crippen LogP contribution in [0.15, 0.2) is 24.3 Å². The molecule has 0 radical (unpaired) electrons. The van der Waals surface area contributed by atoms with Crippen LogP contribution in [0.5, 0.6) is 0 Å². The summed E-state index contributed by atoms with van der Waals surface area (Å²) in [6, 6.07) is 6.07. The number of rotatable bonds is 3. The van der Waals surface area contributed by atoms with E-state index in [0.29, 0.717) is 12.2 Å². The van der Waals surface area contributed by atoms with E-state index in [0.717, 1.165) is 25.7 Å². The van der Waals surface area contributed by atoms with Crippen LogP contribution in [0.4, 0.5) is 10.1 Å². The van der Waals surface area contributed by atoms with Gasteiger partial charge in [-0.05, 0) is 37.1 Å². The zero-order chi connectivity index (χ0) is 14.8. The van der Waals surface area contributed by atoms with Gasteiger partial charge in [-0.1, -0.05) is 12.8 Å². The Labute approximate surface area is 123 Å². The van der Waals surface area contributed by atoms with Gasteiger partial charge < -0.3 is 10.2 Å². The van der Waals surface area contributed by atoms with Gasteiger partial charge in [0, 0.05) is 24.7 Å². The highest BCUT2D eigenvalue weighted by Gasteiger charge is 2.36. The Morgan fingerprint density at radius 3 is 2.52 bits per heavy atom. The molecule has 0 unspecified atom stereocenters. The smallest absolute Gasteiger partial charge is 0.227 e. The standard InChI is InChI=1S/C16H19FN2O2/c17-12-5-7-14(8-6-12)19-10-11(9-15(19)20)16(21)18-13-3-1-2-4-13/h5-8,11,13H,1-4,9-10H2,(H,18,21)/t11-/m1/s1. The molecule has 1 atom stereocenters. The Morgan fingerprint density at radius 2 is 1.86 bits per heavy atom. The Balaban J connectivity index is 1.63. The molecule has 21 heavy (non-hydrogen) atoms. The average molecular weight is 290 g/mol. The first kappa shape index (κ1) is 14.0. The number of hydrogen-bond acceptors (Lipinski definition) is 2. The summed E-state index contributed by atoms with van der Waals surface area (Å²) in [4.78, 5) is 25.9. The second kappa shape index (κ2) is 5.84. The van der Waals surface area contributed by atoms with Crippen LogP contribution < -0.4 is 10.2 Å². The highest BCUT2D eigenvalue weighted by Crippen LogP contribution is 2.26. The lowest BCUT2D eigenvalue weighted by Gasteiger charge is -2.18. The van der Waals surface area contributed by atoms with Gasteiger partial charge in [0.2, 0.25) is 11.8 Å². The number of nitrogens with one attached hydrogen (secondary N) is 1. The molecule has 1 saturated carbocycles. The van der Waals surface area contributed by atoms with Gasteiger partial charge in [-0.2, -0.15) is 0 Å². The molecule has 4 nitrogen and oxygen atoms in total. The molecule has 5 heteroatoms. The van der Waals surface area contributed by atoms with E-state index in [9.17, 15) is 14.0 Å². The second-order valence-electron chi connectivity index (χ2n) is 5.87. The first-order chi connectivity index (χ1) is 10.1. The summed E-state index contributed by atoms with van der Waals surface area (Å²) in [6.07, 6.45) is 4.63. The molecule has 1 aliphatic carbocycles. The minimum atomic E-state index is -0.332. The Hall–Kier alpha value is -1.91. The van der Waals surface area contributed by atoms with Crippen LogP contribution in [-0.2, 0) is 9.59 Å². The number of halogens is 1. The van der Waals surface area contributed by atoms with E-state index in [1.807, 2.05) is 0 Å². The number of nitrogens with zero attached hydrogens (tertiary/aromatic N) is 1. The first-order valence-corrected chi connectivity index (χ1v) is 7.50. The summed E-state index contributed by atoms with van der Waals surface area (Å²) in [6.45, 7) is 0.378. The lowest BCUT2D eigenvalue weighted by Crippen LogP contribution is -2.38. The number of hydrogen-bond donors (Lipinski definition) is 1. The molecule has 1 aliphatic heterocycles. The number of carbonyl (C=O) groups excluding carboxylic acids is 2. The quantitative estimate of drug-likeness (QED) is 0.928. The zero-order valence-electron chi connectivity index (χ0n) is 11.8. The molecule has 1 aromatic rings. The van der Waals surface area contributed by atoms with Crippen molar-refractivity contribution in [2.75, 3.05) is 11.4 Å². The van der Waals surface area contributed by atoms with Gasteiger partial charge in [0.1, 0.15) is 5.82 Å². The van der Waals surface area contributed by atoms with Gasteiger partial charge in [-0.3, -0.25) is 9.59 Å². The lowest BCUT2D eigenvalue weighted by atomic mass is 10.1. The first-order valence-electron chi connectivity index (χ1n) is 7.50. The molecule has 2 aliphatic rings. The summed E-state index contributed by atoms with van der Waals surface area (Å²) in [7, 11) is 0. The molecule has 2 fully saturated rings. The molecular weight excluding hydrogens is 271 g/mol. The fourth-order valence-corrected chi connectivity index (χ4v) is 3.14. The fraction of sp³-hybridized carbons (Fsp3) is 0.500. The molecule has 1 aromatic carbocycles. The van der Waals surface area contributed by atoms with Crippen molar-refractivity contribution in [3.05, 3.63) is 30.1 Å². The van der Waals surface area contributed by atoms with Crippen molar-refractivity contribution in [1.82, 2.24) is 5.32 Å². The van der Waals surface area contributed by atoms with E-state index in [2.05, 4.69) is 5.32 Å². The van der Waals surface area contributed by atoms with Gasteiger partial charge >= 0.3 is 0 Å². The zero-order valence-corrected chi connectivity index (χ0v) is 11.8. The van der Waals surface area contributed by atoms with Crippen LogP contribution in [0, 0.1) is 11.7 Å². The Bertz CT molecular complexity index is 538. The molecule has 0 aromatic heterocycles. The van der Waals surface area contributed by atoms with E-state index in [4.69, 9.17) is 0 Å². The third-order valence-corrected chi connectivity index (χ3v) is 4.34. The van der Waals surface area contributed by atoms with Crippen LogP contribution in [0.25, 0.3) is 0 Å². The van der Waals surface area contributed by atoms with E-state index in [1.165, 1.54) is 12.1 Å². The predicted molar refractivity (Wildman–Crippen MR) is 77.3 cm³/mol. The van der Waals surface area contributed by atoms with Crippen LogP contribution in [0.2, 0.25) is 0 Å². The van der Waals surface area contributed by atoms with Crippen molar-refractivity contribution in [2.45, 2.75) is 38.1 Å². The third kappa shape index (κ3) is 3.06. The van der Waals surface area contributed by atoms with Crippen molar-refractivity contribution in [1.29, 1.82) is 0 Å². The number of benzene rings is 1. The van der Waals surface area contributed by atoms with Gasteiger partial charge in [0.05, 0.1) is 5.92 Å². The highest BCUT2D eigenvalue weighted by atomic mass is 19.1. The van der Waals surface area contributed by atoms with Gasteiger partial charge in [0.15, 0.2) is 0 Å². The summed E-state index contributed by atoms with van der Waals surface area (Å²) in [5.41, 5.74) is 0.651. The van der Waals surface area contributed by atoms with Crippen LogP contribution in [0.1, 0.15) is 32.1 Å². The van der Waals surface area contributed by atoms with Gasteiger partial charge in [-0.25, -0.2) is 4.39 Å². The molecule has 0 bridgehead atoms. The topological polar surface area (TPSA) is 49.4 Å². The molecule has 1 N–H and O–H groups in total. The van der Waals surface area contributed by atoms with E-state index in [-0.39, 0.29) is 36.0 Å². The Morgan fingerprint density at radius 1 is 1.19 bits per heavy atom. The van der Waals surface area contributed by atoms with E-state index < -0.39 is 0 Å². The molecular formula is C16H19FN2O2. The number of amides is 2. The van der Waals surface area contributed by atoms with Crippen LogP contribution >= 0.6 is 0 Å². The van der Waals surface area contributed by atoms with Gasteiger partial charge in [0.25, 0.3) is 0 Å². The number of anilines is 1. The van der Waals surface area contributed by atoms with Crippen molar-refractivity contribution >= 4 is 17.5 Å². The number of carbonyl (C=O) groups is 2. The molecule has 3 rings (SSSR count). The molecule has 0 spiro atoms. The Kier molecular flexibility index (Phi) is 3.90. The molecule has 112 valence electrons. The van der Waals surface area contributed by atoms with Crippen LogP contribution in [-0.4, -0.2) is 24.4 Å². The maximum atomic E-state index is 12.9. The molecule has 1 saturated heterocycles. The second-order valence-corrected chi connectivity index (χ2v) is 5.87. The summed E-state index contributed by atoms with van der Waals surface area (Å²) in [5.74, 6) is -0.739. The normalized spacial score (nSPS) is 22.8. The van der Waals surface area contributed by atoms with Crippen molar-refractivity contribution in [3.8, 4) is 0 Å². The minimum absolute atomic E-state index is 0.0279. The van der Waals surface area contributed by atoms with Gasteiger partial charge in [-0.15, -0.1) is 0 Å². The van der Waals surface area contributed by atoms with Crippen LogP contribution in [0.3, 0.4) is 0 Å². The maximum absolute atomic E-state index is 12.9. The highest BCUT2D eigenvalue weighted by molar-refractivity contribution is 6.00. The summed E-state index contributed by atoms with van der Waals surface area (Å²) < 4.78 is 12.9. The monoisotopic (exact) mass is 290 g/mol. The van der Waals surface area contributed by atoms with Crippen molar-refractivity contribution in [3.63, 3.8) is 0 Å². The predicted octanol–water partition coefficient (Wildman–Crippen LogP) is 2.24. The minimum Gasteiger partial charge on any atom is -0.353 e. The summed E-state index contributed by atoms with van der Waals surface area (Å²) in [5, 5.41) is 3.04. The third-order valence-electron chi connectivity index (χ3n) is 4.34. The summed E-state index contributed by atoms with van der Waals surface area (Å²) >= 11 is 0. The van der Waals surface area contributed by atoms with Crippen molar-refractivity contribution in [2.24, 2.45) is 5.92 Å². The largest absolute Gasteiger partial charge is 0.353 e. The average Bonchev–Trinajstić information content (AvgIpc) is 3.09. The van der Waals surface area contributed by atoms with Crippen molar-refractivity contribution < 1.29 is 14.0 Å². The maximum Gasteiger partial charge on any atom is 0.227 e. The SMILES string of the molecule is O=C(NC1CCCC1)[C@@H]1CC(=O)N(c2ccc(F)cc2)C1.